The van der Waals surface area contributed by atoms with E-state index >= 15 is 0 Å². The van der Waals surface area contributed by atoms with E-state index in [1.54, 1.807) is 0 Å². The van der Waals surface area contributed by atoms with Crippen LogP contribution in [0.3, 0.4) is 0 Å². The molecular formula is C22H12BrIO. The Kier molecular flexibility index (Phi) is 3.61. The van der Waals surface area contributed by atoms with Crippen molar-refractivity contribution in [2.24, 2.45) is 0 Å². The number of furan rings is 1. The minimum atomic E-state index is 0.927. The normalized spacial score (nSPS) is 11.6. The zero-order chi connectivity index (χ0) is 17.0. The van der Waals surface area contributed by atoms with Gasteiger partial charge in [-0.3, -0.25) is 0 Å². The molecule has 1 nitrogen and oxygen atoms in total. The third-order valence-electron chi connectivity index (χ3n) is 4.66. The van der Waals surface area contributed by atoms with E-state index in [-0.39, 0.29) is 0 Å². The summed E-state index contributed by atoms with van der Waals surface area (Å²) in [5.74, 6) is 0. The molecule has 0 unspecified atom stereocenters. The number of hydrogen-bond acceptors (Lipinski definition) is 1. The van der Waals surface area contributed by atoms with Crippen LogP contribution in [0.5, 0.6) is 0 Å². The van der Waals surface area contributed by atoms with Crippen molar-refractivity contribution < 1.29 is 4.42 Å². The quantitative estimate of drug-likeness (QED) is 0.170. The molecule has 120 valence electrons. The summed E-state index contributed by atoms with van der Waals surface area (Å²) in [6.07, 6.45) is 0. The standard InChI is InChI=1S/C22H12BrIO/c23-14-11-9-13(10-12-14)19-20-17-7-3-1-5-15(17)16-6-2-4-8-18(16)21(20)25-22(19)24/h1-12H. The average molecular weight is 499 g/mol. The lowest BCUT2D eigenvalue weighted by atomic mass is 9.95. The second-order valence-corrected chi connectivity index (χ2v) is 7.95. The van der Waals surface area contributed by atoms with Crippen LogP contribution in [0.15, 0.2) is 81.7 Å². The van der Waals surface area contributed by atoms with Crippen molar-refractivity contribution in [1.29, 1.82) is 0 Å². The van der Waals surface area contributed by atoms with Crippen molar-refractivity contribution in [2.45, 2.75) is 0 Å². The molecule has 1 heterocycles. The molecule has 0 atom stereocenters. The predicted octanol–water partition coefficient (Wildman–Crippen LogP) is 7.77. The Hall–Kier alpha value is -1.85. The van der Waals surface area contributed by atoms with E-state index < -0.39 is 0 Å². The molecule has 0 aliphatic carbocycles. The average Bonchev–Trinajstić information content (AvgIpc) is 3.00. The highest BCUT2D eigenvalue weighted by molar-refractivity contribution is 14.1. The van der Waals surface area contributed by atoms with Gasteiger partial charge in [0, 0.05) is 43.4 Å². The molecule has 0 aliphatic heterocycles. The van der Waals surface area contributed by atoms with Gasteiger partial charge in [-0.25, -0.2) is 0 Å². The summed E-state index contributed by atoms with van der Waals surface area (Å²) in [6.45, 7) is 0. The van der Waals surface area contributed by atoms with Gasteiger partial charge in [0.1, 0.15) is 5.58 Å². The third kappa shape index (κ3) is 2.33. The lowest BCUT2D eigenvalue weighted by molar-refractivity contribution is 0.588. The van der Waals surface area contributed by atoms with Gasteiger partial charge in [-0.05, 0) is 33.9 Å². The molecule has 5 aromatic rings. The molecule has 3 heteroatoms. The molecule has 0 radical (unpaired) electrons. The zero-order valence-corrected chi connectivity index (χ0v) is 16.8. The van der Waals surface area contributed by atoms with Gasteiger partial charge in [0.25, 0.3) is 0 Å². The van der Waals surface area contributed by atoms with E-state index in [1.807, 2.05) is 0 Å². The second kappa shape index (κ2) is 5.85. The molecule has 0 saturated heterocycles. The van der Waals surface area contributed by atoms with Crippen LogP contribution in [-0.2, 0) is 0 Å². The molecule has 0 aliphatic rings. The predicted molar refractivity (Wildman–Crippen MR) is 117 cm³/mol. The molecule has 0 bridgehead atoms. The summed E-state index contributed by atoms with van der Waals surface area (Å²) in [4.78, 5) is 0. The molecule has 0 saturated carbocycles. The van der Waals surface area contributed by atoms with E-state index in [2.05, 4.69) is 111 Å². The van der Waals surface area contributed by atoms with Gasteiger partial charge in [-0.2, -0.15) is 0 Å². The third-order valence-corrected chi connectivity index (χ3v) is 5.94. The lowest BCUT2D eigenvalue weighted by Gasteiger charge is -2.07. The molecular weight excluding hydrogens is 487 g/mol. The van der Waals surface area contributed by atoms with Gasteiger partial charge < -0.3 is 4.42 Å². The molecule has 0 N–H and O–H groups in total. The maximum Gasteiger partial charge on any atom is 0.172 e. The summed E-state index contributed by atoms with van der Waals surface area (Å²) in [7, 11) is 0. The Labute approximate surface area is 166 Å². The smallest absolute Gasteiger partial charge is 0.172 e. The minimum Gasteiger partial charge on any atom is -0.449 e. The van der Waals surface area contributed by atoms with Crippen LogP contribution in [0.25, 0.3) is 43.6 Å². The van der Waals surface area contributed by atoms with Crippen LogP contribution in [-0.4, -0.2) is 0 Å². The van der Waals surface area contributed by atoms with Crippen molar-refractivity contribution in [1.82, 2.24) is 0 Å². The van der Waals surface area contributed by atoms with E-state index in [0.29, 0.717) is 0 Å². The van der Waals surface area contributed by atoms with Crippen molar-refractivity contribution >= 4 is 71.0 Å². The fraction of sp³-hybridized carbons (Fsp3) is 0. The lowest BCUT2D eigenvalue weighted by Crippen LogP contribution is -1.82. The Morgan fingerprint density at radius 2 is 1.24 bits per heavy atom. The maximum absolute atomic E-state index is 6.28. The first kappa shape index (κ1) is 15.4. The van der Waals surface area contributed by atoms with Crippen LogP contribution in [0, 0.1) is 3.77 Å². The SMILES string of the molecule is Brc1ccc(-c2c(I)oc3c4ccccc4c4ccccc4c23)cc1. The van der Waals surface area contributed by atoms with Crippen molar-refractivity contribution in [3.05, 3.63) is 81.0 Å². The minimum absolute atomic E-state index is 0.927. The molecule has 25 heavy (non-hydrogen) atoms. The van der Waals surface area contributed by atoms with Crippen molar-refractivity contribution in [2.75, 3.05) is 0 Å². The fourth-order valence-electron chi connectivity index (χ4n) is 3.58. The first-order valence-corrected chi connectivity index (χ1v) is 9.88. The van der Waals surface area contributed by atoms with Crippen molar-refractivity contribution in [3.63, 3.8) is 0 Å². The van der Waals surface area contributed by atoms with Crippen molar-refractivity contribution in [3.8, 4) is 11.1 Å². The summed E-state index contributed by atoms with van der Waals surface area (Å²) in [6, 6.07) is 25.5. The number of benzene rings is 4. The van der Waals surface area contributed by atoms with E-state index in [9.17, 15) is 0 Å². The highest BCUT2D eigenvalue weighted by Gasteiger charge is 2.19. The van der Waals surface area contributed by atoms with Gasteiger partial charge in [0.05, 0.1) is 0 Å². The van der Waals surface area contributed by atoms with Crippen LogP contribution in [0.4, 0.5) is 0 Å². The molecule has 0 amide bonds. The molecule has 0 fully saturated rings. The summed E-state index contributed by atoms with van der Waals surface area (Å²) < 4.78 is 8.29. The first-order chi connectivity index (χ1) is 12.2. The first-order valence-electron chi connectivity index (χ1n) is 8.01. The maximum atomic E-state index is 6.28. The molecule has 1 aromatic heterocycles. The van der Waals surface area contributed by atoms with Gasteiger partial charge >= 0.3 is 0 Å². The highest BCUT2D eigenvalue weighted by Crippen LogP contribution is 2.44. The van der Waals surface area contributed by atoms with Crippen LogP contribution in [0.2, 0.25) is 0 Å². The molecule has 0 spiro atoms. The summed E-state index contributed by atoms with van der Waals surface area (Å²) in [5.41, 5.74) is 3.31. The molecule has 4 aromatic carbocycles. The van der Waals surface area contributed by atoms with Gasteiger partial charge in [0.15, 0.2) is 3.77 Å². The van der Waals surface area contributed by atoms with Crippen LogP contribution < -0.4 is 0 Å². The Morgan fingerprint density at radius 3 is 1.92 bits per heavy atom. The zero-order valence-electron chi connectivity index (χ0n) is 13.1. The van der Waals surface area contributed by atoms with E-state index in [1.165, 1.54) is 32.7 Å². The Bertz CT molecular complexity index is 1250. The van der Waals surface area contributed by atoms with Gasteiger partial charge in [-0.15, -0.1) is 0 Å². The largest absolute Gasteiger partial charge is 0.449 e. The van der Waals surface area contributed by atoms with E-state index in [4.69, 9.17) is 4.42 Å². The van der Waals surface area contributed by atoms with Crippen LogP contribution in [0.1, 0.15) is 0 Å². The number of fused-ring (bicyclic) bond motifs is 6. The summed E-state index contributed by atoms with van der Waals surface area (Å²) >= 11 is 5.84. The van der Waals surface area contributed by atoms with Gasteiger partial charge in [0.2, 0.25) is 0 Å². The number of halogens is 2. The van der Waals surface area contributed by atoms with Gasteiger partial charge in [-0.1, -0.05) is 76.6 Å². The second-order valence-electron chi connectivity index (χ2n) is 6.05. The monoisotopic (exact) mass is 498 g/mol. The number of hydrogen-bond donors (Lipinski definition) is 0. The van der Waals surface area contributed by atoms with Crippen LogP contribution >= 0.6 is 38.5 Å². The Morgan fingerprint density at radius 1 is 0.680 bits per heavy atom. The molecule has 5 rings (SSSR count). The topological polar surface area (TPSA) is 13.1 Å². The van der Waals surface area contributed by atoms with E-state index in [0.717, 1.165) is 19.2 Å². The number of rotatable bonds is 1. The fourth-order valence-corrected chi connectivity index (χ4v) is 4.64. The Balaban J connectivity index is 2.04. The summed E-state index contributed by atoms with van der Waals surface area (Å²) in [5, 5.41) is 6.10. The highest BCUT2D eigenvalue weighted by atomic mass is 127.